The summed E-state index contributed by atoms with van der Waals surface area (Å²) in [5.41, 5.74) is 0. The van der Waals surface area contributed by atoms with Crippen LogP contribution < -0.4 is 18.9 Å². The molecule has 1 unspecified atom stereocenters. The summed E-state index contributed by atoms with van der Waals surface area (Å²) in [4.78, 5) is -1.27. The maximum atomic E-state index is 12.5. The molecule has 66 valence electrons. The Labute approximate surface area is 86.6 Å². The van der Waals surface area contributed by atoms with Gasteiger partial charge >= 0.3 is 18.9 Å². The molecule has 0 bridgehead atoms. The van der Waals surface area contributed by atoms with E-state index in [1.54, 1.807) is 0 Å². The zero-order valence-electron chi connectivity index (χ0n) is 6.51. The van der Waals surface area contributed by atoms with Crippen LogP contribution in [0.25, 0.3) is 0 Å². The van der Waals surface area contributed by atoms with Gasteiger partial charge in [-0.3, -0.25) is 4.21 Å². The first kappa shape index (κ1) is 12.7. The minimum atomic E-state index is -3.10. The van der Waals surface area contributed by atoms with Crippen LogP contribution in [0.5, 0.6) is 0 Å². The van der Waals surface area contributed by atoms with E-state index in [2.05, 4.69) is 0 Å². The molecule has 0 saturated heterocycles. The summed E-state index contributed by atoms with van der Waals surface area (Å²) < 4.78 is 57.6. The van der Waals surface area contributed by atoms with Gasteiger partial charge in [0.05, 0.1) is 4.90 Å². The standard InChI is InChI=1S/C6H3F3O2S.Li/c7-3-1-2-4(8)6(5(3)9)12(10)11;/h1-2H,(H,10,11);/q;+1/p-1. The van der Waals surface area contributed by atoms with Crippen LogP contribution in [0, 0.1) is 17.5 Å². The first-order valence-electron chi connectivity index (χ1n) is 2.77. The van der Waals surface area contributed by atoms with Crippen molar-refractivity contribution in [2.45, 2.75) is 4.90 Å². The normalized spacial score (nSPS) is 12.0. The molecule has 0 saturated carbocycles. The molecule has 0 fully saturated rings. The van der Waals surface area contributed by atoms with Crippen LogP contribution in [0.1, 0.15) is 0 Å². The van der Waals surface area contributed by atoms with E-state index in [0.717, 1.165) is 0 Å². The van der Waals surface area contributed by atoms with E-state index in [1.165, 1.54) is 0 Å². The molecule has 1 rings (SSSR count). The molecule has 0 aromatic heterocycles. The molecule has 1 aromatic rings. The number of rotatable bonds is 1. The molecule has 0 aliphatic heterocycles. The average Bonchev–Trinajstić information content (AvgIpc) is 1.97. The Balaban J connectivity index is 0.00000144. The van der Waals surface area contributed by atoms with Crippen LogP contribution >= 0.6 is 0 Å². The van der Waals surface area contributed by atoms with Gasteiger partial charge in [-0.25, -0.2) is 13.2 Å². The van der Waals surface area contributed by atoms with Crippen LogP contribution in [-0.2, 0) is 11.1 Å². The SMILES string of the molecule is O=S([O-])c1c(F)ccc(F)c1F.[Li+]. The van der Waals surface area contributed by atoms with Gasteiger partial charge < -0.3 is 4.55 Å². The number of benzene rings is 1. The van der Waals surface area contributed by atoms with Gasteiger partial charge in [-0.05, 0) is 23.2 Å². The molecule has 0 radical (unpaired) electrons. The van der Waals surface area contributed by atoms with E-state index in [9.17, 15) is 21.9 Å². The first-order valence-corrected chi connectivity index (χ1v) is 3.84. The molecule has 2 nitrogen and oxygen atoms in total. The molecule has 13 heavy (non-hydrogen) atoms. The van der Waals surface area contributed by atoms with Crippen molar-refractivity contribution in [3.05, 3.63) is 29.6 Å². The predicted molar refractivity (Wildman–Crippen MR) is 33.5 cm³/mol. The monoisotopic (exact) mass is 202 g/mol. The van der Waals surface area contributed by atoms with Crippen LogP contribution in [0.3, 0.4) is 0 Å². The van der Waals surface area contributed by atoms with E-state index in [0.29, 0.717) is 12.1 Å². The summed E-state index contributed by atoms with van der Waals surface area (Å²) in [5.74, 6) is -4.39. The number of hydrogen-bond donors (Lipinski definition) is 0. The molecule has 0 N–H and O–H groups in total. The van der Waals surface area contributed by atoms with Crippen molar-refractivity contribution < 1.29 is 40.8 Å². The Kier molecular flexibility index (Phi) is 4.71. The summed E-state index contributed by atoms with van der Waals surface area (Å²) in [7, 11) is 0. The molecule has 0 amide bonds. The van der Waals surface area contributed by atoms with Crippen molar-refractivity contribution in [3.8, 4) is 0 Å². The summed E-state index contributed by atoms with van der Waals surface area (Å²) in [6, 6.07) is 1.06. The van der Waals surface area contributed by atoms with Gasteiger partial charge in [-0.1, -0.05) is 0 Å². The van der Waals surface area contributed by atoms with Gasteiger partial charge in [-0.2, -0.15) is 0 Å². The third-order valence-corrected chi connectivity index (χ3v) is 1.88. The van der Waals surface area contributed by atoms with Crippen LogP contribution in [0.2, 0.25) is 0 Å². The minimum absolute atomic E-state index is 0. The summed E-state index contributed by atoms with van der Waals surface area (Å²) >= 11 is -3.10. The Hall–Kier alpha value is -0.283. The molecular formula is C6H2F3LiO2S. The molecule has 0 spiro atoms. The van der Waals surface area contributed by atoms with Crippen molar-refractivity contribution in [1.29, 1.82) is 0 Å². The van der Waals surface area contributed by atoms with Crippen LogP contribution in [-0.4, -0.2) is 8.76 Å². The second kappa shape index (κ2) is 4.82. The van der Waals surface area contributed by atoms with Gasteiger partial charge in [0, 0.05) is 0 Å². The molecule has 0 aliphatic rings. The summed E-state index contributed by atoms with van der Waals surface area (Å²) in [6.45, 7) is 0. The largest absolute Gasteiger partial charge is 1.00 e. The first-order chi connectivity index (χ1) is 5.54. The zero-order chi connectivity index (χ0) is 9.30. The fourth-order valence-electron chi connectivity index (χ4n) is 0.661. The summed E-state index contributed by atoms with van der Waals surface area (Å²) in [5, 5.41) is 0. The summed E-state index contributed by atoms with van der Waals surface area (Å²) in [6.07, 6.45) is 0. The van der Waals surface area contributed by atoms with E-state index in [1.807, 2.05) is 0 Å². The number of hydrogen-bond acceptors (Lipinski definition) is 2. The second-order valence-corrected chi connectivity index (χ2v) is 2.78. The van der Waals surface area contributed by atoms with Gasteiger partial charge in [0.2, 0.25) is 0 Å². The predicted octanol–water partition coefficient (Wildman–Crippen LogP) is -1.65. The van der Waals surface area contributed by atoms with Crippen LogP contribution in [0.15, 0.2) is 17.0 Å². The van der Waals surface area contributed by atoms with Crippen LogP contribution in [0.4, 0.5) is 13.2 Å². The van der Waals surface area contributed by atoms with Crippen molar-refractivity contribution in [2.75, 3.05) is 0 Å². The van der Waals surface area contributed by atoms with Crippen molar-refractivity contribution in [3.63, 3.8) is 0 Å². The fourth-order valence-corrected chi connectivity index (χ4v) is 1.13. The fraction of sp³-hybridized carbons (Fsp3) is 0. The third kappa shape index (κ3) is 2.58. The Morgan fingerprint density at radius 2 is 1.62 bits per heavy atom. The van der Waals surface area contributed by atoms with E-state index < -0.39 is 33.4 Å². The molecule has 1 aromatic carbocycles. The Morgan fingerprint density at radius 3 is 2.00 bits per heavy atom. The molecular weight excluding hydrogens is 200 g/mol. The van der Waals surface area contributed by atoms with Crippen molar-refractivity contribution >= 4 is 11.1 Å². The Morgan fingerprint density at radius 1 is 1.15 bits per heavy atom. The van der Waals surface area contributed by atoms with Crippen molar-refractivity contribution in [2.24, 2.45) is 0 Å². The van der Waals surface area contributed by atoms with Gasteiger partial charge in [-0.15, -0.1) is 0 Å². The maximum Gasteiger partial charge on any atom is 1.00 e. The number of halogens is 3. The van der Waals surface area contributed by atoms with E-state index in [4.69, 9.17) is 0 Å². The quantitative estimate of drug-likeness (QED) is 0.311. The van der Waals surface area contributed by atoms with Gasteiger partial charge in [0.1, 0.15) is 5.82 Å². The van der Waals surface area contributed by atoms with E-state index in [-0.39, 0.29) is 18.9 Å². The minimum Gasteiger partial charge on any atom is -0.768 e. The molecule has 0 aliphatic carbocycles. The molecule has 1 atom stereocenters. The zero-order valence-corrected chi connectivity index (χ0v) is 7.33. The van der Waals surface area contributed by atoms with Crippen molar-refractivity contribution in [1.82, 2.24) is 0 Å². The third-order valence-electron chi connectivity index (χ3n) is 1.17. The smallest absolute Gasteiger partial charge is 0.768 e. The van der Waals surface area contributed by atoms with Gasteiger partial charge in [0.15, 0.2) is 11.6 Å². The van der Waals surface area contributed by atoms with E-state index >= 15 is 0 Å². The second-order valence-electron chi connectivity index (χ2n) is 1.91. The molecule has 0 heterocycles. The molecule has 7 heteroatoms. The Bertz CT molecular complexity index is 345. The maximum absolute atomic E-state index is 12.5. The topological polar surface area (TPSA) is 40.1 Å². The van der Waals surface area contributed by atoms with Gasteiger partial charge in [0.25, 0.3) is 0 Å². The average molecular weight is 202 g/mol.